The number of nitrogens with one attached hydrogen (secondary N) is 1. The molecule has 1 fully saturated rings. The summed E-state index contributed by atoms with van der Waals surface area (Å²) >= 11 is 0. The first-order valence-corrected chi connectivity index (χ1v) is 6.90. The summed E-state index contributed by atoms with van der Waals surface area (Å²) in [6.45, 7) is 2.49. The van der Waals surface area contributed by atoms with Crippen molar-refractivity contribution in [2.75, 3.05) is 45.8 Å². The second-order valence-corrected chi connectivity index (χ2v) is 5.34. The molecule has 0 radical (unpaired) electrons. The highest BCUT2D eigenvalue weighted by Gasteiger charge is 2.24. The van der Waals surface area contributed by atoms with Crippen molar-refractivity contribution < 1.29 is 9.53 Å². The van der Waals surface area contributed by atoms with Gasteiger partial charge in [-0.15, -0.1) is 0 Å². The van der Waals surface area contributed by atoms with Crippen molar-refractivity contribution in [1.82, 2.24) is 10.2 Å². The van der Waals surface area contributed by atoms with Crippen LogP contribution < -0.4 is 10.2 Å². The number of ether oxygens (including phenoxy) is 1. The topological polar surface area (TPSA) is 44.8 Å². The Morgan fingerprint density at radius 2 is 2.00 bits per heavy atom. The lowest BCUT2D eigenvalue weighted by molar-refractivity contribution is -0.135. The van der Waals surface area contributed by atoms with Crippen LogP contribution in [0, 0.1) is 0 Å². The molecule has 1 aliphatic heterocycles. The molecule has 0 aliphatic carbocycles. The zero-order valence-corrected chi connectivity index (χ0v) is 12.4. The van der Waals surface area contributed by atoms with E-state index in [-0.39, 0.29) is 11.9 Å². The van der Waals surface area contributed by atoms with E-state index in [1.165, 1.54) is 0 Å². The average molecular weight is 277 g/mol. The molecule has 1 aromatic carbocycles. The van der Waals surface area contributed by atoms with Crippen molar-refractivity contribution in [2.45, 2.75) is 12.6 Å². The molecule has 1 heterocycles. The Labute approximate surface area is 120 Å². The molecule has 5 heteroatoms. The maximum absolute atomic E-state index is 12.3. The van der Waals surface area contributed by atoms with E-state index in [2.05, 4.69) is 34.5 Å². The third-order valence-corrected chi connectivity index (χ3v) is 3.47. The molecule has 0 bridgehead atoms. The van der Waals surface area contributed by atoms with Gasteiger partial charge in [0.05, 0.1) is 13.2 Å². The summed E-state index contributed by atoms with van der Waals surface area (Å²) in [5.74, 6) is 0.0846. The first-order chi connectivity index (χ1) is 9.58. The number of likely N-dealkylation sites (N-methyl/N-ethyl adjacent to an activating group) is 1. The van der Waals surface area contributed by atoms with Crippen LogP contribution in [0.5, 0.6) is 0 Å². The Hall–Kier alpha value is -1.59. The fourth-order valence-electron chi connectivity index (χ4n) is 2.24. The molecular weight excluding hydrogens is 254 g/mol. The van der Waals surface area contributed by atoms with Gasteiger partial charge in [0, 0.05) is 39.9 Å². The van der Waals surface area contributed by atoms with Gasteiger partial charge in [-0.3, -0.25) is 4.79 Å². The van der Waals surface area contributed by atoms with Crippen LogP contribution in [0.25, 0.3) is 0 Å². The molecule has 0 spiro atoms. The van der Waals surface area contributed by atoms with E-state index in [1.807, 2.05) is 21.1 Å². The number of carbonyl (C=O) groups is 1. The van der Waals surface area contributed by atoms with E-state index in [0.29, 0.717) is 19.8 Å². The van der Waals surface area contributed by atoms with Gasteiger partial charge in [-0.1, -0.05) is 12.1 Å². The summed E-state index contributed by atoms with van der Waals surface area (Å²) in [5, 5.41) is 3.19. The quantitative estimate of drug-likeness (QED) is 0.880. The predicted molar refractivity (Wildman–Crippen MR) is 79.9 cm³/mol. The molecule has 1 aromatic rings. The summed E-state index contributed by atoms with van der Waals surface area (Å²) in [7, 11) is 5.86. The van der Waals surface area contributed by atoms with Crippen LogP contribution in [-0.4, -0.2) is 57.8 Å². The molecule has 1 aliphatic rings. The molecule has 1 atom stereocenters. The Balaban J connectivity index is 1.92. The zero-order chi connectivity index (χ0) is 14.5. The molecule has 0 saturated carbocycles. The number of nitrogens with zero attached hydrogens (tertiary/aromatic N) is 2. The Bertz CT molecular complexity index is 439. The standard InChI is InChI=1S/C15H23N3O2/c1-17(2)13-6-4-12(5-7-13)10-18(3)15(19)14-11-20-9-8-16-14/h4-7,14,16H,8-11H2,1-3H3. The van der Waals surface area contributed by atoms with Crippen LogP contribution in [-0.2, 0) is 16.1 Å². The Morgan fingerprint density at radius 1 is 1.30 bits per heavy atom. The molecular formula is C15H23N3O2. The third kappa shape index (κ3) is 3.71. The second-order valence-electron chi connectivity index (χ2n) is 5.34. The van der Waals surface area contributed by atoms with Crippen LogP contribution in [0.1, 0.15) is 5.56 Å². The van der Waals surface area contributed by atoms with E-state index in [0.717, 1.165) is 17.8 Å². The number of amides is 1. The molecule has 2 rings (SSSR count). The van der Waals surface area contributed by atoms with Gasteiger partial charge in [0.25, 0.3) is 0 Å². The molecule has 1 N–H and O–H groups in total. The first kappa shape index (κ1) is 14.8. The lowest BCUT2D eigenvalue weighted by atomic mass is 10.1. The molecule has 0 aromatic heterocycles. The van der Waals surface area contributed by atoms with Crippen molar-refractivity contribution in [1.29, 1.82) is 0 Å². The largest absolute Gasteiger partial charge is 0.378 e. The van der Waals surface area contributed by atoms with Gasteiger partial charge in [0.15, 0.2) is 0 Å². The lowest BCUT2D eigenvalue weighted by Gasteiger charge is -2.27. The second kappa shape index (κ2) is 6.72. The summed E-state index contributed by atoms with van der Waals surface area (Å²) in [4.78, 5) is 16.1. The van der Waals surface area contributed by atoms with E-state index in [9.17, 15) is 4.79 Å². The fourth-order valence-corrected chi connectivity index (χ4v) is 2.24. The highest BCUT2D eigenvalue weighted by atomic mass is 16.5. The van der Waals surface area contributed by atoms with Crippen molar-refractivity contribution in [3.05, 3.63) is 29.8 Å². The number of hydrogen-bond donors (Lipinski definition) is 1. The van der Waals surface area contributed by atoms with Crippen molar-refractivity contribution >= 4 is 11.6 Å². The van der Waals surface area contributed by atoms with Crippen LogP contribution in [0.15, 0.2) is 24.3 Å². The SMILES string of the molecule is CN(Cc1ccc(N(C)C)cc1)C(=O)C1COCCN1. The lowest BCUT2D eigenvalue weighted by Crippen LogP contribution is -2.51. The minimum Gasteiger partial charge on any atom is -0.378 e. The Morgan fingerprint density at radius 3 is 2.55 bits per heavy atom. The molecule has 110 valence electrons. The summed E-state index contributed by atoms with van der Waals surface area (Å²) in [6, 6.07) is 8.04. The monoisotopic (exact) mass is 277 g/mol. The highest BCUT2D eigenvalue weighted by molar-refractivity contribution is 5.81. The van der Waals surface area contributed by atoms with Crippen LogP contribution in [0.3, 0.4) is 0 Å². The molecule has 1 unspecified atom stereocenters. The normalized spacial score (nSPS) is 18.6. The van der Waals surface area contributed by atoms with Gasteiger partial charge in [-0.25, -0.2) is 0 Å². The van der Waals surface area contributed by atoms with Gasteiger partial charge in [-0.05, 0) is 17.7 Å². The van der Waals surface area contributed by atoms with Crippen LogP contribution in [0.2, 0.25) is 0 Å². The third-order valence-electron chi connectivity index (χ3n) is 3.47. The minimum absolute atomic E-state index is 0.0846. The first-order valence-electron chi connectivity index (χ1n) is 6.90. The van der Waals surface area contributed by atoms with E-state index in [4.69, 9.17) is 4.74 Å². The highest BCUT2D eigenvalue weighted by Crippen LogP contribution is 2.13. The van der Waals surface area contributed by atoms with E-state index < -0.39 is 0 Å². The number of rotatable bonds is 4. The van der Waals surface area contributed by atoms with E-state index in [1.54, 1.807) is 4.90 Å². The summed E-state index contributed by atoms with van der Waals surface area (Å²) in [6.07, 6.45) is 0. The maximum Gasteiger partial charge on any atom is 0.242 e. The van der Waals surface area contributed by atoms with E-state index >= 15 is 0 Å². The predicted octanol–water partition coefficient (Wildman–Crippen LogP) is 0.699. The summed E-state index contributed by atoms with van der Waals surface area (Å²) < 4.78 is 5.33. The molecule has 20 heavy (non-hydrogen) atoms. The Kier molecular flexibility index (Phi) is 4.98. The number of carbonyl (C=O) groups excluding carboxylic acids is 1. The number of anilines is 1. The zero-order valence-electron chi connectivity index (χ0n) is 12.4. The number of benzene rings is 1. The molecule has 1 saturated heterocycles. The number of morpholine rings is 1. The summed E-state index contributed by atoms with van der Waals surface area (Å²) in [5.41, 5.74) is 2.29. The molecule has 1 amide bonds. The van der Waals surface area contributed by atoms with Gasteiger partial charge < -0.3 is 19.9 Å². The minimum atomic E-state index is -0.213. The van der Waals surface area contributed by atoms with Gasteiger partial charge in [0.1, 0.15) is 6.04 Å². The van der Waals surface area contributed by atoms with Crippen molar-refractivity contribution in [3.63, 3.8) is 0 Å². The maximum atomic E-state index is 12.3. The molecule has 5 nitrogen and oxygen atoms in total. The van der Waals surface area contributed by atoms with Gasteiger partial charge >= 0.3 is 0 Å². The average Bonchev–Trinajstić information content (AvgIpc) is 2.48. The van der Waals surface area contributed by atoms with Crippen molar-refractivity contribution in [2.24, 2.45) is 0 Å². The van der Waals surface area contributed by atoms with Gasteiger partial charge in [0.2, 0.25) is 5.91 Å². The van der Waals surface area contributed by atoms with Crippen LogP contribution in [0.4, 0.5) is 5.69 Å². The number of hydrogen-bond acceptors (Lipinski definition) is 4. The fraction of sp³-hybridized carbons (Fsp3) is 0.533. The van der Waals surface area contributed by atoms with Gasteiger partial charge in [-0.2, -0.15) is 0 Å². The van der Waals surface area contributed by atoms with Crippen LogP contribution >= 0.6 is 0 Å². The van der Waals surface area contributed by atoms with Crippen molar-refractivity contribution in [3.8, 4) is 0 Å². The smallest absolute Gasteiger partial charge is 0.242 e.